The highest BCUT2D eigenvalue weighted by atomic mass is 19.1. The average molecular weight is 512 g/mol. The first-order valence-electron chi connectivity index (χ1n) is 13.8. The fourth-order valence-corrected chi connectivity index (χ4v) is 8.05. The second-order valence-electron chi connectivity index (χ2n) is 12.1. The number of benzene rings is 4. The Morgan fingerprint density at radius 3 is 2.23 bits per heavy atom. The van der Waals surface area contributed by atoms with Crippen LogP contribution in [0.5, 0.6) is 0 Å². The molecule has 2 nitrogen and oxygen atoms in total. The van der Waals surface area contributed by atoms with Crippen molar-refractivity contribution in [2.45, 2.75) is 44.1 Å². The number of rotatable bonds is 2. The van der Waals surface area contributed by atoms with Crippen LogP contribution in [0.1, 0.15) is 38.8 Å². The summed E-state index contributed by atoms with van der Waals surface area (Å²) in [7, 11) is 0. The Bertz CT molecular complexity index is 1970. The Kier molecular flexibility index (Phi) is 4.27. The molecule has 5 aromatic rings. The normalized spacial score (nSPS) is 29.2. The molecule has 0 amide bonds. The number of furan rings is 1. The molecule has 3 heteroatoms. The lowest BCUT2D eigenvalue weighted by atomic mass is 9.49. The number of fused-ring (bicyclic) bond motifs is 5. The van der Waals surface area contributed by atoms with Crippen LogP contribution in [0.15, 0.2) is 118 Å². The van der Waals surface area contributed by atoms with E-state index in [2.05, 4.69) is 86.8 Å². The maximum absolute atomic E-state index is 16.1. The smallest absolute Gasteiger partial charge is 0.137 e. The Morgan fingerprint density at radius 2 is 1.44 bits per heavy atom. The van der Waals surface area contributed by atoms with Crippen LogP contribution in [0.2, 0.25) is 0 Å². The Morgan fingerprint density at radius 1 is 0.744 bits per heavy atom. The molecule has 39 heavy (non-hydrogen) atoms. The van der Waals surface area contributed by atoms with E-state index >= 15 is 4.39 Å². The molecule has 3 aliphatic rings. The van der Waals surface area contributed by atoms with Crippen LogP contribution in [-0.2, 0) is 10.8 Å². The van der Waals surface area contributed by atoms with E-state index in [1.165, 1.54) is 27.5 Å². The van der Waals surface area contributed by atoms with Gasteiger partial charge in [0.15, 0.2) is 0 Å². The summed E-state index contributed by atoms with van der Waals surface area (Å²) in [5.41, 5.74) is 6.08. The zero-order valence-corrected chi connectivity index (χ0v) is 22.6. The summed E-state index contributed by atoms with van der Waals surface area (Å²) in [4.78, 5) is 0. The van der Waals surface area contributed by atoms with Crippen molar-refractivity contribution < 1.29 is 8.81 Å². The topological polar surface area (TPSA) is 25.2 Å². The molecule has 0 saturated heterocycles. The predicted octanol–water partition coefficient (Wildman–Crippen LogP) is 9.51. The predicted molar refractivity (Wildman–Crippen MR) is 159 cm³/mol. The summed E-state index contributed by atoms with van der Waals surface area (Å²) in [6.45, 7) is 8.74. The van der Waals surface area contributed by atoms with Gasteiger partial charge in [0.25, 0.3) is 0 Å². The first-order chi connectivity index (χ1) is 18.7. The van der Waals surface area contributed by atoms with Crippen molar-refractivity contribution in [3.63, 3.8) is 0 Å². The monoisotopic (exact) mass is 511 g/mol. The number of nitrogens with one attached hydrogen (secondary N) is 1. The number of anilines is 1. The highest BCUT2D eigenvalue weighted by molar-refractivity contribution is 6.11. The quantitative estimate of drug-likeness (QED) is 0.239. The average Bonchev–Trinajstić information content (AvgIpc) is 3.32. The van der Waals surface area contributed by atoms with Gasteiger partial charge in [-0.1, -0.05) is 79.7 Å². The van der Waals surface area contributed by atoms with Crippen molar-refractivity contribution in [3.05, 3.63) is 125 Å². The number of halogens is 1. The third kappa shape index (κ3) is 2.75. The molecule has 3 aliphatic carbocycles. The molecule has 1 N–H and O–H groups in total. The fourth-order valence-electron chi connectivity index (χ4n) is 8.05. The largest absolute Gasteiger partial charge is 0.456 e. The lowest BCUT2D eigenvalue weighted by Crippen LogP contribution is -2.52. The molecule has 0 aliphatic heterocycles. The van der Waals surface area contributed by atoms with E-state index in [0.717, 1.165) is 33.2 Å². The second-order valence-corrected chi connectivity index (χ2v) is 12.1. The first kappa shape index (κ1) is 22.8. The summed E-state index contributed by atoms with van der Waals surface area (Å²) in [6, 6.07) is 27.4. The Labute approximate surface area is 227 Å². The Hall–Kier alpha value is -4.11. The van der Waals surface area contributed by atoms with Crippen LogP contribution in [0.4, 0.5) is 10.1 Å². The van der Waals surface area contributed by atoms with Gasteiger partial charge in [0.1, 0.15) is 17.0 Å². The van der Waals surface area contributed by atoms with Crippen LogP contribution in [0.25, 0.3) is 32.7 Å². The lowest BCUT2D eigenvalue weighted by molar-refractivity contribution is 0.410. The lowest BCUT2D eigenvalue weighted by Gasteiger charge is -2.55. The molecule has 0 bridgehead atoms. The SMILES string of the molecule is CC1C(F)=CC2(C)C3=C1C(C)(Nc1cccc4oc5ccccc5c14)C=CC3(C)c1cccc3cccc2c13. The van der Waals surface area contributed by atoms with Gasteiger partial charge in [0, 0.05) is 27.8 Å². The first-order valence-corrected chi connectivity index (χ1v) is 13.8. The summed E-state index contributed by atoms with van der Waals surface area (Å²) >= 11 is 0. The van der Waals surface area contributed by atoms with Crippen molar-refractivity contribution in [1.82, 2.24) is 0 Å². The van der Waals surface area contributed by atoms with E-state index in [0.29, 0.717) is 0 Å². The molecule has 1 aromatic heterocycles. The van der Waals surface area contributed by atoms with Crippen molar-refractivity contribution in [2.75, 3.05) is 5.32 Å². The molecule has 0 radical (unpaired) electrons. The minimum Gasteiger partial charge on any atom is -0.456 e. The summed E-state index contributed by atoms with van der Waals surface area (Å²) in [5, 5.41) is 8.50. The van der Waals surface area contributed by atoms with Gasteiger partial charge in [-0.2, -0.15) is 0 Å². The van der Waals surface area contributed by atoms with Crippen molar-refractivity contribution >= 4 is 38.4 Å². The molecule has 0 spiro atoms. The van der Waals surface area contributed by atoms with E-state index in [1.807, 2.05) is 43.3 Å². The zero-order chi connectivity index (χ0) is 26.7. The van der Waals surface area contributed by atoms with Crippen molar-refractivity contribution in [3.8, 4) is 0 Å². The number of allylic oxidation sites excluding steroid dienone is 4. The van der Waals surface area contributed by atoms with Gasteiger partial charge < -0.3 is 9.73 Å². The third-order valence-electron chi connectivity index (χ3n) is 9.71. The molecule has 8 rings (SSSR count). The number of para-hydroxylation sites is 1. The van der Waals surface area contributed by atoms with Crippen LogP contribution in [0, 0.1) is 5.92 Å². The third-order valence-corrected chi connectivity index (χ3v) is 9.71. The van der Waals surface area contributed by atoms with Gasteiger partial charge in [-0.15, -0.1) is 0 Å². The molecule has 4 aromatic carbocycles. The fraction of sp³-hybridized carbons (Fsp3) is 0.222. The maximum Gasteiger partial charge on any atom is 0.137 e. The van der Waals surface area contributed by atoms with Crippen LogP contribution in [0.3, 0.4) is 0 Å². The van der Waals surface area contributed by atoms with E-state index in [4.69, 9.17) is 4.42 Å². The molecule has 4 unspecified atom stereocenters. The molecular formula is C36H30FNO. The summed E-state index contributed by atoms with van der Waals surface area (Å²) < 4.78 is 22.3. The minimum atomic E-state index is -0.603. The van der Waals surface area contributed by atoms with Gasteiger partial charge in [0.2, 0.25) is 0 Å². The summed E-state index contributed by atoms with van der Waals surface area (Å²) in [6.07, 6.45) is 6.53. The van der Waals surface area contributed by atoms with Gasteiger partial charge in [-0.05, 0) is 78.1 Å². The van der Waals surface area contributed by atoms with E-state index in [1.54, 1.807) is 0 Å². The molecule has 192 valence electrons. The van der Waals surface area contributed by atoms with Crippen LogP contribution >= 0.6 is 0 Å². The molecular weight excluding hydrogens is 481 g/mol. The minimum absolute atomic E-state index is 0.0646. The van der Waals surface area contributed by atoms with Crippen molar-refractivity contribution in [2.24, 2.45) is 5.92 Å². The van der Waals surface area contributed by atoms with E-state index in [-0.39, 0.29) is 17.2 Å². The van der Waals surface area contributed by atoms with E-state index in [9.17, 15) is 0 Å². The highest BCUT2D eigenvalue weighted by Crippen LogP contribution is 2.62. The Balaban J connectivity index is 1.41. The van der Waals surface area contributed by atoms with Gasteiger partial charge in [0.05, 0.1) is 10.9 Å². The van der Waals surface area contributed by atoms with E-state index < -0.39 is 11.0 Å². The highest BCUT2D eigenvalue weighted by Gasteiger charge is 2.55. The van der Waals surface area contributed by atoms with Gasteiger partial charge in [-0.3, -0.25) is 0 Å². The summed E-state index contributed by atoms with van der Waals surface area (Å²) in [5.74, 6) is -0.412. The molecule has 4 atom stereocenters. The standard InChI is InChI=1S/C36H30FNO/c1-21-26(37)20-35(3)25-14-8-11-22-10-7-13-24(30(22)25)34(2)18-19-36(4,32(21)33(34)35)38-27-15-9-17-29-31(27)23-12-5-6-16-28(23)39-29/h5-21,38H,1-4H3. The number of hydrogen-bond donors (Lipinski definition) is 1. The van der Waals surface area contributed by atoms with Crippen LogP contribution < -0.4 is 5.32 Å². The van der Waals surface area contributed by atoms with Crippen LogP contribution in [-0.4, -0.2) is 5.54 Å². The molecule has 0 fully saturated rings. The molecule has 1 heterocycles. The van der Waals surface area contributed by atoms with Crippen molar-refractivity contribution in [1.29, 1.82) is 0 Å². The van der Waals surface area contributed by atoms with Gasteiger partial charge in [-0.25, -0.2) is 4.39 Å². The number of hydrogen-bond acceptors (Lipinski definition) is 2. The second kappa shape index (κ2) is 7.30. The maximum atomic E-state index is 16.1. The van der Waals surface area contributed by atoms with Gasteiger partial charge >= 0.3 is 0 Å². The zero-order valence-electron chi connectivity index (χ0n) is 22.6. The molecule has 0 saturated carbocycles.